The lowest BCUT2D eigenvalue weighted by Gasteiger charge is -2.33. The third kappa shape index (κ3) is 4.75. The van der Waals surface area contributed by atoms with Gasteiger partial charge in [0.1, 0.15) is 22.6 Å². The summed E-state index contributed by atoms with van der Waals surface area (Å²) >= 11 is 7.72. The maximum Gasteiger partial charge on any atom is 0.339 e. The molecule has 0 fully saturated rings. The highest BCUT2D eigenvalue weighted by molar-refractivity contribution is 7.16. The summed E-state index contributed by atoms with van der Waals surface area (Å²) in [5, 5.41) is 10.8. The molecule has 2 aromatic heterocycles. The van der Waals surface area contributed by atoms with E-state index in [0.717, 1.165) is 29.8 Å². The van der Waals surface area contributed by atoms with E-state index < -0.39 is 5.97 Å². The van der Waals surface area contributed by atoms with Crippen LogP contribution in [0.25, 0.3) is 11.3 Å². The first-order valence-electron chi connectivity index (χ1n) is 10.8. The second-order valence-corrected chi connectivity index (χ2v) is 10.7. The molecule has 1 aliphatic carbocycles. The Bertz CT molecular complexity index is 1270. The van der Waals surface area contributed by atoms with E-state index in [1.165, 1.54) is 12.0 Å². The fourth-order valence-electron chi connectivity index (χ4n) is 4.16. The molecule has 0 bridgehead atoms. The van der Waals surface area contributed by atoms with Crippen molar-refractivity contribution < 1.29 is 13.9 Å². The van der Waals surface area contributed by atoms with Gasteiger partial charge in [0.15, 0.2) is 0 Å². The highest BCUT2D eigenvalue weighted by atomic mass is 35.5. The summed E-state index contributed by atoms with van der Waals surface area (Å²) in [6.45, 7) is 6.84. The van der Waals surface area contributed by atoms with E-state index in [2.05, 4.69) is 31.8 Å². The van der Waals surface area contributed by atoms with Gasteiger partial charge in [-0.1, -0.05) is 32.4 Å². The molecule has 1 aromatic carbocycles. The van der Waals surface area contributed by atoms with Crippen LogP contribution in [0, 0.1) is 22.7 Å². The van der Waals surface area contributed by atoms with E-state index >= 15 is 0 Å². The van der Waals surface area contributed by atoms with Gasteiger partial charge in [-0.3, -0.25) is 0 Å². The molecule has 2 heterocycles. The highest BCUT2D eigenvalue weighted by Gasteiger charge is 2.32. The summed E-state index contributed by atoms with van der Waals surface area (Å²) in [7, 11) is 1.31. The Labute approximate surface area is 202 Å². The zero-order valence-corrected chi connectivity index (χ0v) is 20.6. The number of carbonyl (C=O) groups is 1. The summed E-state index contributed by atoms with van der Waals surface area (Å²) in [6, 6.07) is 11.0. The molecule has 0 radical (unpaired) electrons. The minimum absolute atomic E-state index is 0.248. The third-order valence-electron chi connectivity index (χ3n) is 6.18. The predicted octanol–water partition coefficient (Wildman–Crippen LogP) is 7.22. The van der Waals surface area contributed by atoms with Gasteiger partial charge in [-0.2, -0.15) is 5.26 Å². The molecule has 0 unspecified atom stereocenters. The molecule has 0 N–H and O–H groups in total. The average molecular weight is 481 g/mol. The Morgan fingerprint density at radius 3 is 2.82 bits per heavy atom. The van der Waals surface area contributed by atoms with Crippen molar-refractivity contribution >= 4 is 40.1 Å². The molecule has 33 heavy (non-hydrogen) atoms. The average Bonchev–Trinajstić information content (AvgIpc) is 3.40. The second kappa shape index (κ2) is 9.17. The van der Waals surface area contributed by atoms with Crippen LogP contribution in [0.1, 0.15) is 59.3 Å². The molecule has 5 nitrogen and oxygen atoms in total. The van der Waals surface area contributed by atoms with Gasteiger partial charge < -0.3 is 9.15 Å². The molecule has 0 spiro atoms. The Morgan fingerprint density at radius 2 is 2.12 bits per heavy atom. The number of ether oxygens (including phenoxy) is 1. The van der Waals surface area contributed by atoms with Crippen molar-refractivity contribution in [3.63, 3.8) is 0 Å². The van der Waals surface area contributed by atoms with Crippen LogP contribution in [-0.2, 0) is 17.6 Å². The van der Waals surface area contributed by atoms with Gasteiger partial charge in [0.25, 0.3) is 0 Å². The first-order valence-corrected chi connectivity index (χ1v) is 12.0. The van der Waals surface area contributed by atoms with Crippen LogP contribution in [0.15, 0.2) is 39.7 Å². The van der Waals surface area contributed by atoms with Gasteiger partial charge in [-0.15, -0.1) is 11.3 Å². The number of methoxy groups -OCH3 is 1. The van der Waals surface area contributed by atoms with Gasteiger partial charge in [-0.05, 0) is 66.5 Å². The summed E-state index contributed by atoms with van der Waals surface area (Å²) < 4.78 is 10.7. The fraction of sp³-hybridized carbons (Fsp3) is 0.346. The lowest BCUT2D eigenvalue weighted by atomic mass is 9.72. The van der Waals surface area contributed by atoms with Crippen molar-refractivity contribution in [1.29, 1.82) is 5.26 Å². The number of nitriles is 1. The van der Waals surface area contributed by atoms with Gasteiger partial charge in [0.2, 0.25) is 0 Å². The molecular weight excluding hydrogens is 456 g/mol. The van der Waals surface area contributed by atoms with Crippen LogP contribution >= 0.6 is 22.9 Å². The number of furan rings is 1. The molecule has 0 saturated carbocycles. The van der Waals surface area contributed by atoms with Crippen molar-refractivity contribution in [2.24, 2.45) is 16.3 Å². The number of benzene rings is 1. The van der Waals surface area contributed by atoms with Gasteiger partial charge in [0.05, 0.1) is 29.5 Å². The van der Waals surface area contributed by atoms with Crippen LogP contribution in [0.2, 0.25) is 5.02 Å². The van der Waals surface area contributed by atoms with E-state index in [4.69, 9.17) is 20.8 Å². The monoisotopic (exact) mass is 480 g/mol. The maximum atomic E-state index is 11.9. The topological polar surface area (TPSA) is 75.6 Å². The lowest BCUT2D eigenvalue weighted by Crippen LogP contribution is -2.26. The molecule has 0 saturated heterocycles. The minimum Gasteiger partial charge on any atom is -0.465 e. The smallest absolute Gasteiger partial charge is 0.339 e. The number of aliphatic imine (C=N–C) groups is 1. The minimum atomic E-state index is -0.505. The molecule has 4 rings (SSSR count). The predicted molar refractivity (Wildman–Crippen MR) is 132 cm³/mol. The number of fused-ring (bicyclic) bond motifs is 1. The second-order valence-electron chi connectivity index (χ2n) is 9.25. The third-order valence-corrected chi connectivity index (χ3v) is 7.67. The van der Waals surface area contributed by atoms with E-state index in [1.807, 2.05) is 6.07 Å². The van der Waals surface area contributed by atoms with Crippen molar-refractivity contribution in [1.82, 2.24) is 0 Å². The molecule has 1 atom stereocenters. The number of rotatable bonds is 4. The Kier molecular flexibility index (Phi) is 6.47. The quantitative estimate of drug-likeness (QED) is 0.291. The fourth-order valence-corrected chi connectivity index (χ4v) is 5.58. The molecule has 7 heteroatoms. The van der Waals surface area contributed by atoms with Crippen molar-refractivity contribution in [2.75, 3.05) is 7.11 Å². The number of halogens is 1. The number of hydrogen-bond acceptors (Lipinski definition) is 6. The van der Waals surface area contributed by atoms with Crippen LogP contribution in [0.3, 0.4) is 0 Å². The number of thiophene rings is 1. The molecule has 3 aromatic rings. The number of esters is 1. The summed E-state index contributed by atoms with van der Waals surface area (Å²) in [5.74, 6) is 1.24. The number of carbonyl (C=O) groups excluding carboxylic acids is 1. The van der Waals surface area contributed by atoms with Crippen LogP contribution < -0.4 is 0 Å². The zero-order chi connectivity index (χ0) is 23.8. The standard InChI is InChI=1S/C26H25ClN2O3S/c1-26(2,3)16-6-8-18-20(13-28)24(33-23(18)12-16)29-14-17-7-10-22(32-17)15-5-9-21(27)19(11-15)25(30)31-4/h5,7,9-11,14,16H,6,8,12H2,1-4H3/t16-/m0/s1. The van der Waals surface area contributed by atoms with Gasteiger partial charge in [0, 0.05) is 10.4 Å². The van der Waals surface area contributed by atoms with E-state index in [-0.39, 0.29) is 11.0 Å². The molecule has 1 aliphatic rings. The van der Waals surface area contributed by atoms with Crippen LogP contribution in [-0.4, -0.2) is 19.3 Å². The molecular formula is C26H25ClN2O3S. The van der Waals surface area contributed by atoms with E-state index in [0.29, 0.717) is 33.6 Å². The van der Waals surface area contributed by atoms with Crippen molar-refractivity contribution in [3.05, 3.63) is 62.7 Å². The summed E-state index contributed by atoms with van der Waals surface area (Å²) in [4.78, 5) is 17.8. The van der Waals surface area contributed by atoms with Crippen LogP contribution in [0.4, 0.5) is 5.00 Å². The highest BCUT2D eigenvalue weighted by Crippen LogP contribution is 2.44. The molecule has 170 valence electrons. The van der Waals surface area contributed by atoms with E-state index in [9.17, 15) is 10.1 Å². The van der Waals surface area contributed by atoms with Crippen molar-refractivity contribution in [2.45, 2.75) is 40.0 Å². The first kappa shape index (κ1) is 23.3. The zero-order valence-electron chi connectivity index (χ0n) is 19.1. The SMILES string of the molecule is COC(=O)c1cc(-c2ccc(C=Nc3sc4c(c3C#N)CC[C@H](C(C)(C)C)C4)o2)ccc1Cl. The Morgan fingerprint density at radius 1 is 1.33 bits per heavy atom. The normalized spacial score (nSPS) is 15.9. The van der Waals surface area contributed by atoms with Gasteiger partial charge >= 0.3 is 5.97 Å². The Hall–Kier alpha value is -2.88. The lowest BCUT2D eigenvalue weighted by molar-refractivity contribution is 0.0601. The number of nitrogens with zero attached hydrogens (tertiary/aromatic N) is 2. The van der Waals surface area contributed by atoms with Crippen molar-refractivity contribution in [3.8, 4) is 17.4 Å². The molecule has 0 amide bonds. The summed E-state index contributed by atoms with van der Waals surface area (Å²) in [5.41, 5.74) is 3.08. The largest absolute Gasteiger partial charge is 0.465 e. The Balaban J connectivity index is 1.58. The molecule has 0 aliphatic heterocycles. The van der Waals surface area contributed by atoms with Crippen LogP contribution in [0.5, 0.6) is 0 Å². The first-order chi connectivity index (χ1) is 15.7. The number of hydrogen-bond donors (Lipinski definition) is 0. The maximum absolute atomic E-state index is 11.9. The summed E-state index contributed by atoms with van der Waals surface area (Å²) in [6.07, 6.45) is 4.66. The van der Waals surface area contributed by atoms with Gasteiger partial charge in [-0.25, -0.2) is 9.79 Å². The van der Waals surface area contributed by atoms with E-state index in [1.54, 1.807) is 41.8 Å².